The Morgan fingerprint density at radius 1 is 1.29 bits per heavy atom. The lowest BCUT2D eigenvalue weighted by molar-refractivity contribution is 0.265. The molecule has 106 valence electrons. The van der Waals surface area contributed by atoms with Crippen molar-refractivity contribution < 1.29 is 13.5 Å². The molecule has 0 fully saturated rings. The first kappa shape index (κ1) is 12.3. The van der Waals surface area contributed by atoms with Crippen LogP contribution in [0.3, 0.4) is 0 Å². The fraction of sp³-hybridized carbons (Fsp3) is 0.143. The zero-order valence-electron chi connectivity index (χ0n) is 10.8. The Morgan fingerprint density at radius 2 is 2.24 bits per heavy atom. The maximum atomic E-state index is 12.1. The van der Waals surface area contributed by atoms with Crippen LogP contribution in [-0.2, 0) is 0 Å². The highest BCUT2D eigenvalue weighted by atomic mass is 32.1. The van der Waals surface area contributed by atoms with E-state index in [1.165, 1.54) is 11.3 Å². The van der Waals surface area contributed by atoms with Gasteiger partial charge in [0.05, 0.1) is 11.8 Å². The number of aromatic nitrogens is 3. The van der Waals surface area contributed by atoms with Gasteiger partial charge in [0.15, 0.2) is 10.7 Å². The van der Waals surface area contributed by atoms with Crippen LogP contribution < -0.4 is 4.74 Å². The Labute approximate surface area is 122 Å². The summed E-state index contributed by atoms with van der Waals surface area (Å²) in [4.78, 5) is 10.5. The predicted octanol–water partition coefficient (Wildman–Crippen LogP) is 3.55. The lowest BCUT2D eigenvalue weighted by Crippen LogP contribution is -1.99. The van der Waals surface area contributed by atoms with Gasteiger partial charge in [0.1, 0.15) is 23.8 Å². The lowest BCUT2D eigenvalue weighted by atomic mass is 10.3. The topological polar surface area (TPSA) is 52.6 Å². The first-order valence-corrected chi connectivity index (χ1v) is 7.18. The number of rotatable bonds is 4. The van der Waals surface area contributed by atoms with E-state index in [1.807, 2.05) is 28.8 Å². The van der Waals surface area contributed by atoms with Gasteiger partial charge in [-0.2, -0.15) is 0 Å². The molecule has 7 heteroatoms. The van der Waals surface area contributed by atoms with Gasteiger partial charge in [-0.25, -0.2) is 14.4 Å². The van der Waals surface area contributed by atoms with E-state index in [2.05, 4.69) is 9.97 Å². The summed E-state index contributed by atoms with van der Waals surface area (Å²) >= 11 is 1.45. The summed E-state index contributed by atoms with van der Waals surface area (Å²) in [6.45, 7) is -0.510. The van der Waals surface area contributed by atoms with E-state index in [1.54, 1.807) is 12.3 Å². The minimum absolute atomic E-state index is 0.0175. The normalized spacial score (nSPS) is 11.5. The lowest BCUT2D eigenvalue weighted by Gasteiger charge is -2.01. The molecule has 0 spiro atoms. The molecule has 0 unspecified atom stereocenters. The molecule has 4 aromatic rings. The molecule has 0 saturated carbocycles. The fourth-order valence-electron chi connectivity index (χ4n) is 2.14. The Morgan fingerprint density at radius 3 is 3.05 bits per heavy atom. The van der Waals surface area contributed by atoms with Crippen molar-refractivity contribution in [3.63, 3.8) is 0 Å². The Balaban J connectivity index is 1.79. The summed E-state index contributed by atoms with van der Waals surface area (Å²) < 4.78 is 24.6. The van der Waals surface area contributed by atoms with Gasteiger partial charge >= 0.3 is 0 Å². The zero-order chi connectivity index (χ0) is 14.2. The van der Waals surface area contributed by atoms with Crippen LogP contribution in [0, 0.1) is 0 Å². The third kappa shape index (κ3) is 2.06. The summed E-state index contributed by atoms with van der Waals surface area (Å²) in [5.41, 5.74) is 1.72. The van der Waals surface area contributed by atoms with Crippen molar-refractivity contribution in [2.45, 2.75) is 0 Å². The van der Waals surface area contributed by atoms with Crippen LogP contribution in [-0.4, -0.2) is 27.7 Å². The summed E-state index contributed by atoms with van der Waals surface area (Å²) in [7, 11) is 0. The third-order valence-corrected chi connectivity index (χ3v) is 4.00. The number of hydrogen-bond acceptors (Lipinski definition) is 5. The van der Waals surface area contributed by atoms with Crippen LogP contribution in [0.4, 0.5) is 4.39 Å². The Bertz CT molecular complexity index is 898. The molecule has 0 amide bonds. The van der Waals surface area contributed by atoms with Gasteiger partial charge in [-0.05, 0) is 18.2 Å². The van der Waals surface area contributed by atoms with E-state index in [-0.39, 0.29) is 6.61 Å². The first-order valence-electron chi connectivity index (χ1n) is 6.36. The van der Waals surface area contributed by atoms with Crippen molar-refractivity contribution >= 4 is 26.6 Å². The number of imidazole rings is 1. The quantitative estimate of drug-likeness (QED) is 0.578. The number of furan rings is 1. The molecule has 4 heterocycles. The van der Waals surface area contributed by atoms with E-state index >= 15 is 0 Å². The summed E-state index contributed by atoms with van der Waals surface area (Å²) in [5, 5.41) is 0. The summed E-state index contributed by atoms with van der Waals surface area (Å²) in [6, 6.07) is 7.33. The molecule has 0 radical (unpaired) electrons. The molecule has 0 aliphatic heterocycles. The molecule has 0 bridgehead atoms. The van der Waals surface area contributed by atoms with Crippen LogP contribution in [0.2, 0.25) is 0 Å². The number of halogens is 1. The Kier molecular flexibility index (Phi) is 2.85. The van der Waals surface area contributed by atoms with Crippen LogP contribution in [0.15, 0.2) is 41.1 Å². The number of alkyl halides is 1. The SMILES string of the molecule is FCCOc1ccc2c(n1)sc1nc(-c3ccco3)cn12. The van der Waals surface area contributed by atoms with E-state index < -0.39 is 6.67 Å². The van der Waals surface area contributed by atoms with Gasteiger partial charge in [-0.15, -0.1) is 0 Å². The van der Waals surface area contributed by atoms with Gasteiger partial charge < -0.3 is 9.15 Å². The van der Waals surface area contributed by atoms with Gasteiger partial charge in [0.2, 0.25) is 5.88 Å². The maximum Gasteiger partial charge on any atom is 0.214 e. The van der Waals surface area contributed by atoms with Crippen molar-refractivity contribution in [1.29, 1.82) is 0 Å². The molecule has 4 rings (SSSR count). The smallest absolute Gasteiger partial charge is 0.214 e. The number of ether oxygens (including phenoxy) is 1. The zero-order valence-corrected chi connectivity index (χ0v) is 11.6. The molecule has 5 nitrogen and oxygen atoms in total. The average molecular weight is 303 g/mol. The number of thiazole rings is 1. The third-order valence-electron chi connectivity index (χ3n) is 3.04. The van der Waals surface area contributed by atoms with Crippen LogP contribution in [0.5, 0.6) is 5.88 Å². The number of pyridine rings is 1. The van der Waals surface area contributed by atoms with Crippen LogP contribution in [0.25, 0.3) is 26.8 Å². The van der Waals surface area contributed by atoms with Crippen molar-refractivity contribution in [3.05, 3.63) is 36.7 Å². The van der Waals surface area contributed by atoms with Gasteiger partial charge in [-0.3, -0.25) is 4.40 Å². The maximum absolute atomic E-state index is 12.1. The number of hydrogen-bond donors (Lipinski definition) is 0. The van der Waals surface area contributed by atoms with Crippen molar-refractivity contribution in [1.82, 2.24) is 14.4 Å². The van der Waals surface area contributed by atoms with Gasteiger partial charge in [0, 0.05) is 12.3 Å². The number of fused-ring (bicyclic) bond motifs is 3. The van der Waals surface area contributed by atoms with Gasteiger partial charge in [-0.1, -0.05) is 11.3 Å². The molecule has 4 aromatic heterocycles. The minimum atomic E-state index is -0.528. The second-order valence-corrected chi connectivity index (χ2v) is 5.33. The highest BCUT2D eigenvalue weighted by molar-refractivity contribution is 7.23. The minimum Gasteiger partial charge on any atom is -0.475 e. The summed E-state index contributed by atoms with van der Waals surface area (Å²) in [5.74, 6) is 1.16. The van der Waals surface area contributed by atoms with Crippen molar-refractivity contribution in [2.75, 3.05) is 13.3 Å². The first-order chi connectivity index (χ1) is 10.3. The standard InChI is InChI=1S/C14H10FN3O2S/c15-5-7-20-12-4-3-10-13(17-12)21-14-16-9(8-18(10)14)11-2-1-6-19-11/h1-4,6,8H,5,7H2. The second kappa shape index (κ2) is 4.85. The molecule has 0 atom stereocenters. The van der Waals surface area contributed by atoms with E-state index in [0.717, 1.165) is 26.8 Å². The van der Waals surface area contributed by atoms with Crippen molar-refractivity contribution in [2.24, 2.45) is 0 Å². The second-order valence-electron chi connectivity index (χ2n) is 4.37. The largest absolute Gasteiger partial charge is 0.475 e. The predicted molar refractivity (Wildman–Crippen MR) is 77.5 cm³/mol. The number of nitrogens with zero attached hydrogens (tertiary/aromatic N) is 3. The van der Waals surface area contributed by atoms with E-state index in [4.69, 9.17) is 9.15 Å². The fourth-order valence-corrected chi connectivity index (χ4v) is 3.11. The average Bonchev–Trinajstić information content (AvgIpc) is 3.19. The van der Waals surface area contributed by atoms with Crippen molar-refractivity contribution in [3.8, 4) is 17.3 Å². The molecule has 0 aromatic carbocycles. The highest BCUT2D eigenvalue weighted by Gasteiger charge is 2.13. The molecule has 0 N–H and O–H groups in total. The Hall–Kier alpha value is -2.41. The van der Waals surface area contributed by atoms with Gasteiger partial charge in [0.25, 0.3) is 0 Å². The van der Waals surface area contributed by atoms with E-state index in [0.29, 0.717) is 5.88 Å². The molecule has 0 saturated heterocycles. The summed E-state index contributed by atoms with van der Waals surface area (Å²) in [6.07, 6.45) is 3.54. The monoisotopic (exact) mass is 303 g/mol. The molecule has 21 heavy (non-hydrogen) atoms. The van der Waals surface area contributed by atoms with Crippen LogP contribution in [0.1, 0.15) is 0 Å². The molecule has 0 aliphatic carbocycles. The molecule has 0 aliphatic rings. The van der Waals surface area contributed by atoms with E-state index in [9.17, 15) is 4.39 Å². The highest BCUT2D eigenvalue weighted by Crippen LogP contribution is 2.29. The van der Waals surface area contributed by atoms with Crippen LogP contribution >= 0.6 is 11.3 Å². The molecular formula is C14H10FN3O2S. The molecular weight excluding hydrogens is 293 g/mol.